The van der Waals surface area contributed by atoms with E-state index < -0.39 is 15.3 Å². The summed E-state index contributed by atoms with van der Waals surface area (Å²) in [5, 5.41) is 8.52. The summed E-state index contributed by atoms with van der Waals surface area (Å²) in [7, 11) is -3.48. The zero-order valence-electron chi connectivity index (χ0n) is 18.4. The quantitative estimate of drug-likeness (QED) is 0.694. The second-order valence-electron chi connectivity index (χ2n) is 8.69. The average molecular weight is 452 g/mol. The Morgan fingerprint density at radius 1 is 1.00 bits per heavy atom. The van der Waals surface area contributed by atoms with Gasteiger partial charge in [-0.05, 0) is 55.9 Å². The van der Waals surface area contributed by atoms with Gasteiger partial charge in [0.15, 0.2) is 0 Å². The van der Waals surface area contributed by atoms with Crippen LogP contribution in [0.15, 0.2) is 54.6 Å². The zero-order valence-corrected chi connectivity index (χ0v) is 19.2. The van der Waals surface area contributed by atoms with Crippen LogP contribution in [0.1, 0.15) is 65.4 Å². The van der Waals surface area contributed by atoms with Gasteiger partial charge in [0, 0.05) is 37.2 Å². The molecule has 2 atom stereocenters. The Kier molecular flexibility index (Phi) is 6.63. The predicted molar refractivity (Wildman–Crippen MR) is 123 cm³/mol. The SMILES string of the molecule is CC(c1ccc(C(=O)N2CCC(C#N)CC2)cc1)N1CCCC(c2ccccc2)S1(=O)=O. The maximum atomic E-state index is 13.4. The molecule has 0 aromatic heterocycles. The summed E-state index contributed by atoms with van der Waals surface area (Å²) in [4.78, 5) is 14.6. The number of hydrogen-bond acceptors (Lipinski definition) is 4. The molecular weight excluding hydrogens is 422 g/mol. The van der Waals surface area contributed by atoms with Crippen LogP contribution in [-0.2, 0) is 10.0 Å². The number of amides is 1. The minimum absolute atomic E-state index is 0.0321. The van der Waals surface area contributed by atoms with Crippen LogP contribution in [0, 0.1) is 17.2 Å². The fraction of sp³-hybridized carbons (Fsp3) is 0.440. The van der Waals surface area contributed by atoms with Gasteiger partial charge in [-0.25, -0.2) is 8.42 Å². The van der Waals surface area contributed by atoms with Crippen molar-refractivity contribution in [3.05, 3.63) is 71.3 Å². The van der Waals surface area contributed by atoms with Gasteiger partial charge in [0.1, 0.15) is 5.25 Å². The third-order valence-corrected chi connectivity index (χ3v) is 9.12. The van der Waals surface area contributed by atoms with Crippen LogP contribution < -0.4 is 0 Å². The Morgan fingerprint density at radius 2 is 1.66 bits per heavy atom. The molecule has 2 heterocycles. The average Bonchev–Trinajstić information content (AvgIpc) is 2.83. The number of carbonyl (C=O) groups is 1. The topological polar surface area (TPSA) is 81.5 Å². The minimum Gasteiger partial charge on any atom is -0.339 e. The molecule has 2 fully saturated rings. The molecule has 0 aliphatic carbocycles. The number of piperidine rings is 1. The molecule has 2 aliphatic heterocycles. The van der Waals surface area contributed by atoms with Crippen LogP contribution in [0.5, 0.6) is 0 Å². The van der Waals surface area contributed by atoms with Crippen LogP contribution in [0.4, 0.5) is 0 Å². The highest BCUT2D eigenvalue weighted by atomic mass is 32.2. The first kappa shape index (κ1) is 22.5. The molecule has 0 spiro atoms. The summed E-state index contributed by atoms with van der Waals surface area (Å²) in [6.07, 6.45) is 2.88. The Morgan fingerprint density at radius 3 is 2.28 bits per heavy atom. The minimum atomic E-state index is -3.48. The molecule has 2 aromatic carbocycles. The van der Waals surface area contributed by atoms with Crippen molar-refractivity contribution in [2.75, 3.05) is 19.6 Å². The summed E-state index contributed by atoms with van der Waals surface area (Å²) in [5.74, 6) is 0.00353. The smallest absolute Gasteiger partial charge is 0.253 e. The predicted octanol–water partition coefficient (Wildman–Crippen LogP) is 4.29. The second-order valence-corrected chi connectivity index (χ2v) is 10.8. The first-order valence-corrected chi connectivity index (χ1v) is 12.8. The van der Waals surface area contributed by atoms with Crippen molar-refractivity contribution in [3.63, 3.8) is 0 Å². The first-order chi connectivity index (χ1) is 15.4. The van der Waals surface area contributed by atoms with E-state index in [9.17, 15) is 13.2 Å². The van der Waals surface area contributed by atoms with Crippen molar-refractivity contribution < 1.29 is 13.2 Å². The second kappa shape index (κ2) is 9.43. The third-order valence-electron chi connectivity index (χ3n) is 6.74. The molecule has 2 aromatic rings. The van der Waals surface area contributed by atoms with Gasteiger partial charge in [-0.2, -0.15) is 9.57 Å². The van der Waals surface area contributed by atoms with Gasteiger partial charge >= 0.3 is 0 Å². The number of sulfonamides is 1. The first-order valence-electron chi connectivity index (χ1n) is 11.3. The monoisotopic (exact) mass is 451 g/mol. The number of nitriles is 1. The fourth-order valence-corrected chi connectivity index (χ4v) is 7.00. The number of carbonyl (C=O) groups excluding carboxylic acids is 1. The molecule has 0 saturated carbocycles. The molecule has 2 unspecified atom stereocenters. The largest absolute Gasteiger partial charge is 0.339 e. The van der Waals surface area contributed by atoms with Gasteiger partial charge in [0.05, 0.1) is 6.07 Å². The van der Waals surface area contributed by atoms with E-state index in [-0.39, 0.29) is 17.9 Å². The zero-order chi connectivity index (χ0) is 22.7. The molecule has 0 radical (unpaired) electrons. The van der Waals surface area contributed by atoms with E-state index in [0.29, 0.717) is 44.5 Å². The third kappa shape index (κ3) is 4.43. The molecule has 2 saturated heterocycles. The molecule has 32 heavy (non-hydrogen) atoms. The standard InChI is InChI=1S/C25H29N3O3S/c1-19(28-15-5-8-24(32(28,30)31)22-6-3-2-4-7-22)21-9-11-23(12-10-21)25(29)27-16-13-20(18-26)14-17-27/h2-4,6-7,9-12,19-20,24H,5,8,13-17H2,1H3. The lowest BCUT2D eigenvalue weighted by atomic mass is 9.97. The van der Waals surface area contributed by atoms with E-state index in [2.05, 4.69) is 6.07 Å². The van der Waals surface area contributed by atoms with E-state index in [4.69, 9.17) is 5.26 Å². The van der Waals surface area contributed by atoms with Crippen LogP contribution in [0.2, 0.25) is 0 Å². The van der Waals surface area contributed by atoms with E-state index in [1.807, 2.05) is 49.4 Å². The molecule has 2 aliphatic rings. The van der Waals surface area contributed by atoms with Crippen LogP contribution in [0.25, 0.3) is 0 Å². The van der Waals surface area contributed by atoms with Gasteiger partial charge in [0.25, 0.3) is 5.91 Å². The Balaban J connectivity index is 1.48. The summed E-state index contributed by atoms with van der Waals surface area (Å²) in [6, 6.07) is 18.7. The molecular formula is C25H29N3O3S. The van der Waals surface area contributed by atoms with Crippen molar-refractivity contribution >= 4 is 15.9 Å². The van der Waals surface area contributed by atoms with Crippen molar-refractivity contribution in [1.29, 1.82) is 5.26 Å². The van der Waals surface area contributed by atoms with Crippen LogP contribution in [0.3, 0.4) is 0 Å². The number of benzene rings is 2. The Bertz CT molecular complexity index is 1090. The maximum absolute atomic E-state index is 13.4. The fourth-order valence-electron chi connectivity index (χ4n) is 4.76. The Labute approximate surface area is 190 Å². The summed E-state index contributed by atoms with van der Waals surface area (Å²) >= 11 is 0. The number of hydrogen-bond donors (Lipinski definition) is 0. The van der Waals surface area contributed by atoms with Crippen molar-refractivity contribution in [1.82, 2.24) is 9.21 Å². The molecule has 7 heteroatoms. The van der Waals surface area contributed by atoms with E-state index in [1.165, 1.54) is 0 Å². The molecule has 6 nitrogen and oxygen atoms in total. The highest BCUT2D eigenvalue weighted by molar-refractivity contribution is 7.89. The van der Waals surface area contributed by atoms with E-state index >= 15 is 0 Å². The van der Waals surface area contributed by atoms with Gasteiger partial charge in [0.2, 0.25) is 10.0 Å². The molecule has 0 N–H and O–H groups in total. The lowest BCUT2D eigenvalue weighted by Crippen LogP contribution is -2.41. The summed E-state index contributed by atoms with van der Waals surface area (Å²) in [5.41, 5.74) is 2.31. The van der Waals surface area contributed by atoms with E-state index in [1.54, 1.807) is 21.3 Å². The molecule has 168 valence electrons. The van der Waals surface area contributed by atoms with Gasteiger partial charge < -0.3 is 4.90 Å². The van der Waals surface area contributed by atoms with Crippen molar-refractivity contribution in [2.24, 2.45) is 5.92 Å². The maximum Gasteiger partial charge on any atom is 0.253 e. The Hall–Kier alpha value is -2.69. The summed E-state index contributed by atoms with van der Waals surface area (Å²) < 4.78 is 28.4. The van der Waals surface area contributed by atoms with Crippen molar-refractivity contribution in [3.8, 4) is 6.07 Å². The lowest BCUT2D eigenvalue weighted by Gasteiger charge is -2.36. The highest BCUT2D eigenvalue weighted by Crippen LogP contribution is 2.38. The van der Waals surface area contributed by atoms with Gasteiger partial charge in [-0.15, -0.1) is 0 Å². The number of likely N-dealkylation sites (tertiary alicyclic amines) is 1. The van der Waals surface area contributed by atoms with Crippen LogP contribution in [-0.4, -0.2) is 43.2 Å². The van der Waals surface area contributed by atoms with Crippen molar-refractivity contribution in [2.45, 2.75) is 43.9 Å². The van der Waals surface area contributed by atoms with Gasteiger partial charge in [-0.1, -0.05) is 42.5 Å². The number of nitrogens with zero attached hydrogens (tertiary/aromatic N) is 3. The lowest BCUT2D eigenvalue weighted by molar-refractivity contribution is 0.0707. The molecule has 0 bridgehead atoms. The highest BCUT2D eigenvalue weighted by Gasteiger charge is 2.39. The summed E-state index contributed by atoms with van der Waals surface area (Å²) in [6.45, 7) is 3.61. The molecule has 1 amide bonds. The van der Waals surface area contributed by atoms with E-state index in [0.717, 1.165) is 17.5 Å². The molecule has 4 rings (SSSR count). The van der Waals surface area contributed by atoms with Crippen LogP contribution >= 0.6 is 0 Å². The normalized spacial score (nSPS) is 22.8. The number of rotatable bonds is 4. The van der Waals surface area contributed by atoms with Gasteiger partial charge in [-0.3, -0.25) is 4.79 Å².